The van der Waals surface area contributed by atoms with Crippen molar-refractivity contribution in [3.05, 3.63) is 35.4 Å². The van der Waals surface area contributed by atoms with Gasteiger partial charge in [-0.1, -0.05) is 12.1 Å². The zero-order chi connectivity index (χ0) is 9.84. The van der Waals surface area contributed by atoms with Crippen LogP contribution in [0.5, 0.6) is 0 Å². The Hall–Kier alpha value is -1.47. The molecule has 0 spiro atoms. The molecule has 2 nitrogen and oxygen atoms in total. The Morgan fingerprint density at radius 1 is 1.46 bits per heavy atom. The minimum atomic E-state index is -0.967. The van der Waals surface area contributed by atoms with Crippen LogP contribution in [0, 0.1) is 23.0 Å². The molecule has 0 aliphatic rings. The molecule has 0 saturated carbocycles. The van der Waals surface area contributed by atoms with Crippen molar-refractivity contribution in [1.82, 2.24) is 0 Å². The van der Waals surface area contributed by atoms with Gasteiger partial charge in [0.25, 0.3) is 0 Å². The summed E-state index contributed by atoms with van der Waals surface area (Å²) in [4.78, 5) is 0. The standard InChI is InChI=1S/C9H8F2N2/c10-7-3-1-2-6(9(7)11)8(13)4-5-12/h1-3,8H,4,13H2/t8-/m1/s1. The van der Waals surface area contributed by atoms with Crippen LogP contribution in [-0.4, -0.2) is 0 Å². The van der Waals surface area contributed by atoms with Crippen molar-refractivity contribution < 1.29 is 8.78 Å². The smallest absolute Gasteiger partial charge is 0.163 e. The SMILES string of the molecule is N#CC[C@@H](N)c1cccc(F)c1F. The normalized spacial score (nSPS) is 12.2. The molecular weight excluding hydrogens is 174 g/mol. The van der Waals surface area contributed by atoms with Gasteiger partial charge in [-0.25, -0.2) is 8.78 Å². The van der Waals surface area contributed by atoms with E-state index in [1.807, 2.05) is 0 Å². The molecule has 2 N–H and O–H groups in total. The highest BCUT2D eigenvalue weighted by Crippen LogP contribution is 2.19. The van der Waals surface area contributed by atoms with Crippen LogP contribution in [0.15, 0.2) is 18.2 Å². The average molecular weight is 182 g/mol. The van der Waals surface area contributed by atoms with Crippen LogP contribution < -0.4 is 5.73 Å². The molecule has 0 aliphatic heterocycles. The van der Waals surface area contributed by atoms with E-state index in [4.69, 9.17) is 11.0 Å². The monoisotopic (exact) mass is 182 g/mol. The Bertz CT molecular complexity index is 344. The minimum absolute atomic E-state index is 0.0274. The number of halogens is 2. The first kappa shape index (κ1) is 9.62. The zero-order valence-electron chi connectivity index (χ0n) is 6.80. The summed E-state index contributed by atoms with van der Waals surface area (Å²) in [7, 11) is 0. The lowest BCUT2D eigenvalue weighted by Crippen LogP contribution is -2.12. The molecule has 0 radical (unpaired) electrons. The second kappa shape index (κ2) is 3.97. The van der Waals surface area contributed by atoms with Gasteiger partial charge in [-0.05, 0) is 6.07 Å². The first-order valence-electron chi connectivity index (χ1n) is 3.73. The molecule has 1 atom stereocenters. The van der Waals surface area contributed by atoms with Gasteiger partial charge < -0.3 is 5.73 Å². The predicted octanol–water partition coefficient (Wildman–Crippen LogP) is 1.88. The summed E-state index contributed by atoms with van der Waals surface area (Å²) < 4.78 is 25.7. The van der Waals surface area contributed by atoms with Gasteiger partial charge >= 0.3 is 0 Å². The molecule has 0 bridgehead atoms. The first-order valence-corrected chi connectivity index (χ1v) is 3.73. The van der Waals surface area contributed by atoms with Crippen molar-refractivity contribution in [3.8, 4) is 6.07 Å². The predicted molar refractivity (Wildman–Crippen MR) is 43.5 cm³/mol. The highest BCUT2D eigenvalue weighted by Gasteiger charge is 2.13. The lowest BCUT2D eigenvalue weighted by atomic mass is 10.0. The maximum atomic E-state index is 13.0. The molecule has 0 saturated heterocycles. The number of rotatable bonds is 2. The second-order valence-corrected chi connectivity index (χ2v) is 2.61. The number of hydrogen-bond acceptors (Lipinski definition) is 2. The fourth-order valence-corrected chi connectivity index (χ4v) is 1.02. The van der Waals surface area contributed by atoms with Crippen molar-refractivity contribution in [2.75, 3.05) is 0 Å². The molecule has 0 aromatic heterocycles. The highest BCUT2D eigenvalue weighted by atomic mass is 19.2. The summed E-state index contributed by atoms with van der Waals surface area (Å²) in [6.45, 7) is 0. The van der Waals surface area contributed by atoms with E-state index < -0.39 is 17.7 Å². The quantitative estimate of drug-likeness (QED) is 0.759. The van der Waals surface area contributed by atoms with Crippen molar-refractivity contribution in [2.24, 2.45) is 5.73 Å². The highest BCUT2D eigenvalue weighted by molar-refractivity contribution is 5.22. The molecule has 0 heterocycles. The molecular formula is C9H8F2N2. The number of hydrogen-bond donors (Lipinski definition) is 1. The molecule has 0 aliphatic carbocycles. The molecule has 1 rings (SSSR count). The Balaban J connectivity index is 3.02. The number of benzene rings is 1. The zero-order valence-corrected chi connectivity index (χ0v) is 6.80. The van der Waals surface area contributed by atoms with E-state index >= 15 is 0 Å². The van der Waals surface area contributed by atoms with Crippen molar-refractivity contribution in [3.63, 3.8) is 0 Å². The topological polar surface area (TPSA) is 49.8 Å². The van der Waals surface area contributed by atoms with E-state index in [9.17, 15) is 8.78 Å². The van der Waals surface area contributed by atoms with Gasteiger partial charge in [-0.15, -0.1) is 0 Å². The Morgan fingerprint density at radius 3 is 2.77 bits per heavy atom. The van der Waals surface area contributed by atoms with E-state index in [1.54, 1.807) is 6.07 Å². The van der Waals surface area contributed by atoms with Gasteiger partial charge in [0, 0.05) is 11.6 Å². The average Bonchev–Trinajstić information content (AvgIpc) is 2.10. The van der Waals surface area contributed by atoms with Crippen LogP contribution in [0.2, 0.25) is 0 Å². The van der Waals surface area contributed by atoms with Crippen LogP contribution >= 0.6 is 0 Å². The van der Waals surface area contributed by atoms with Crippen molar-refractivity contribution in [2.45, 2.75) is 12.5 Å². The molecule has 1 aromatic carbocycles. The number of nitriles is 1. The molecule has 0 fully saturated rings. The summed E-state index contributed by atoms with van der Waals surface area (Å²) in [5, 5.41) is 8.31. The van der Waals surface area contributed by atoms with Gasteiger partial charge in [0.1, 0.15) is 0 Å². The third kappa shape index (κ3) is 2.01. The van der Waals surface area contributed by atoms with Crippen LogP contribution in [0.25, 0.3) is 0 Å². The molecule has 0 unspecified atom stereocenters. The molecule has 1 aromatic rings. The van der Waals surface area contributed by atoms with Crippen molar-refractivity contribution >= 4 is 0 Å². The Kier molecular flexibility index (Phi) is 2.93. The van der Waals surface area contributed by atoms with E-state index in [2.05, 4.69) is 0 Å². The van der Waals surface area contributed by atoms with Crippen LogP contribution in [0.1, 0.15) is 18.0 Å². The van der Waals surface area contributed by atoms with Crippen LogP contribution in [0.3, 0.4) is 0 Å². The maximum absolute atomic E-state index is 13.0. The van der Waals surface area contributed by atoms with Crippen LogP contribution in [0.4, 0.5) is 8.78 Å². The third-order valence-corrected chi connectivity index (χ3v) is 1.69. The molecule has 13 heavy (non-hydrogen) atoms. The van der Waals surface area contributed by atoms with Gasteiger partial charge in [-0.3, -0.25) is 0 Å². The Labute approximate surface area is 74.6 Å². The Morgan fingerprint density at radius 2 is 2.15 bits per heavy atom. The van der Waals surface area contributed by atoms with E-state index in [1.165, 1.54) is 12.1 Å². The molecule has 4 heteroatoms. The molecule has 68 valence electrons. The lowest BCUT2D eigenvalue weighted by molar-refractivity contribution is 0.489. The van der Waals surface area contributed by atoms with E-state index in [0.29, 0.717) is 0 Å². The second-order valence-electron chi connectivity index (χ2n) is 2.61. The van der Waals surface area contributed by atoms with Crippen molar-refractivity contribution in [1.29, 1.82) is 5.26 Å². The maximum Gasteiger partial charge on any atom is 0.163 e. The largest absolute Gasteiger partial charge is 0.323 e. The fraction of sp³-hybridized carbons (Fsp3) is 0.222. The van der Waals surface area contributed by atoms with E-state index in [0.717, 1.165) is 6.07 Å². The van der Waals surface area contributed by atoms with E-state index in [-0.39, 0.29) is 12.0 Å². The first-order chi connectivity index (χ1) is 6.16. The minimum Gasteiger partial charge on any atom is -0.323 e. The van der Waals surface area contributed by atoms with Gasteiger partial charge in [0.15, 0.2) is 11.6 Å². The van der Waals surface area contributed by atoms with Gasteiger partial charge in [0.05, 0.1) is 12.5 Å². The number of nitrogens with two attached hydrogens (primary N) is 1. The molecule has 0 amide bonds. The third-order valence-electron chi connectivity index (χ3n) is 1.69. The fourth-order valence-electron chi connectivity index (χ4n) is 1.02. The summed E-state index contributed by atoms with van der Waals surface area (Å²) >= 11 is 0. The lowest BCUT2D eigenvalue weighted by Gasteiger charge is -2.08. The summed E-state index contributed by atoms with van der Waals surface area (Å²) in [5.74, 6) is -1.91. The van der Waals surface area contributed by atoms with Gasteiger partial charge in [-0.2, -0.15) is 5.26 Å². The van der Waals surface area contributed by atoms with Gasteiger partial charge in [0.2, 0.25) is 0 Å². The summed E-state index contributed by atoms with van der Waals surface area (Å²) in [5.41, 5.74) is 5.49. The number of nitrogens with zero attached hydrogens (tertiary/aromatic N) is 1. The van der Waals surface area contributed by atoms with Crippen LogP contribution in [-0.2, 0) is 0 Å². The summed E-state index contributed by atoms with van der Waals surface area (Å²) in [6, 6.07) is 4.79. The summed E-state index contributed by atoms with van der Waals surface area (Å²) in [6.07, 6.45) is -0.0274.